The number of hydrogen-bond acceptors (Lipinski definition) is 4. The first-order valence-electron chi connectivity index (χ1n) is 16.3. The molecule has 3 aromatic carbocycles. The third-order valence-corrected chi connectivity index (χ3v) is 11.3. The maximum Gasteiger partial charge on any atom is 0.123 e. The summed E-state index contributed by atoms with van der Waals surface area (Å²) < 4.78 is 0. The summed E-state index contributed by atoms with van der Waals surface area (Å²) in [5.74, 6) is 3.35. The fourth-order valence-corrected chi connectivity index (χ4v) is 9.11. The molecule has 6 atom stereocenters. The summed E-state index contributed by atoms with van der Waals surface area (Å²) in [7, 11) is 0. The highest BCUT2D eigenvalue weighted by Gasteiger charge is 2.47. The van der Waals surface area contributed by atoms with Crippen LogP contribution in [0.25, 0.3) is 33.5 Å². The van der Waals surface area contributed by atoms with Crippen LogP contribution in [0.1, 0.15) is 85.3 Å². The monoisotopic (exact) mass is 551 g/mol. The molecule has 2 bridgehead atoms. The van der Waals surface area contributed by atoms with Crippen LogP contribution in [0.5, 0.6) is 0 Å². The Labute approximate surface area is 247 Å². The summed E-state index contributed by atoms with van der Waals surface area (Å²) >= 11 is 0. The minimum atomic E-state index is 0.392. The van der Waals surface area contributed by atoms with Gasteiger partial charge in [0.05, 0.1) is 23.6 Å². The topological polar surface area (TPSA) is 65.1 Å². The summed E-state index contributed by atoms with van der Waals surface area (Å²) in [4.78, 5) is 13.4. The fourth-order valence-electron chi connectivity index (χ4n) is 9.11. The summed E-state index contributed by atoms with van der Waals surface area (Å²) in [6.07, 6.45) is 12.0. The second-order valence-electron chi connectivity index (χ2n) is 13.8. The van der Waals surface area contributed by atoms with E-state index in [-0.39, 0.29) is 0 Å². The summed E-state index contributed by atoms with van der Waals surface area (Å²) in [5.41, 5.74) is 15.1. The Bertz CT molecular complexity index is 1750. The standard InChI is InChI=1S/C37H37N5/c1-2-30(38-13-1)32-17-25-14-22(9-12-29(25)40-32)28-11-10-27(35-23-7-8-24(15-23)36(28)35)20-3-5-21(6-4-20)34-19-39-37(42-34)33-18-26-16-31(26)41-33/h3-6,9-12,14,19,23-24,26,30-31,33,38,41H,1-2,7-8,13,15-18H2,(H,39,42)/t23?,24?,26?,30-,31?,33-/m0/s1. The zero-order valence-electron chi connectivity index (χ0n) is 24.0. The van der Waals surface area contributed by atoms with Crippen LogP contribution in [0.15, 0.2) is 65.8 Å². The summed E-state index contributed by atoms with van der Waals surface area (Å²) in [5, 5.41) is 7.36. The van der Waals surface area contributed by atoms with Gasteiger partial charge in [-0.1, -0.05) is 42.5 Å². The average Bonchev–Trinajstić information content (AvgIpc) is 3.77. The molecule has 3 aliphatic carbocycles. The highest BCUT2D eigenvalue weighted by Crippen LogP contribution is 2.58. The molecule has 5 nitrogen and oxygen atoms in total. The van der Waals surface area contributed by atoms with Gasteiger partial charge in [-0.15, -0.1) is 0 Å². The normalized spacial score (nSPS) is 30.0. The van der Waals surface area contributed by atoms with Gasteiger partial charge in [-0.2, -0.15) is 0 Å². The van der Waals surface area contributed by atoms with Crippen molar-refractivity contribution in [3.63, 3.8) is 0 Å². The molecule has 3 aliphatic heterocycles. The highest BCUT2D eigenvalue weighted by atomic mass is 15.1. The lowest BCUT2D eigenvalue weighted by atomic mass is 9.81. The second kappa shape index (κ2) is 8.98. The van der Waals surface area contributed by atoms with Gasteiger partial charge >= 0.3 is 0 Å². The number of aromatic amines is 1. The van der Waals surface area contributed by atoms with E-state index in [2.05, 4.69) is 70.2 Å². The Morgan fingerprint density at radius 3 is 2.29 bits per heavy atom. The Morgan fingerprint density at radius 2 is 1.52 bits per heavy atom. The zero-order valence-corrected chi connectivity index (χ0v) is 24.0. The van der Waals surface area contributed by atoms with Crippen molar-refractivity contribution in [2.24, 2.45) is 10.9 Å². The molecule has 0 amide bonds. The molecule has 0 radical (unpaired) electrons. The number of aliphatic imine (C=N–C) groups is 1. The maximum absolute atomic E-state index is 5.03. The number of imidazole rings is 1. The number of benzene rings is 3. The number of hydrogen-bond donors (Lipinski definition) is 3. The van der Waals surface area contributed by atoms with E-state index in [1.165, 1.54) is 89.7 Å². The van der Waals surface area contributed by atoms with E-state index in [1.54, 1.807) is 11.1 Å². The fraction of sp³-hybridized carbons (Fsp3) is 0.405. The van der Waals surface area contributed by atoms with E-state index in [1.807, 2.05) is 6.20 Å². The predicted octanol–water partition coefficient (Wildman–Crippen LogP) is 7.58. The molecular formula is C37H37N5. The van der Waals surface area contributed by atoms with Crippen molar-refractivity contribution < 1.29 is 0 Å². The molecule has 2 saturated carbocycles. The van der Waals surface area contributed by atoms with Crippen LogP contribution in [0.4, 0.5) is 5.69 Å². The third-order valence-electron chi connectivity index (χ3n) is 11.3. The molecule has 4 fully saturated rings. The molecule has 4 heterocycles. The number of H-pyrrole nitrogens is 1. The first-order chi connectivity index (χ1) is 20.7. The quantitative estimate of drug-likeness (QED) is 0.240. The van der Waals surface area contributed by atoms with Crippen LogP contribution < -0.4 is 10.6 Å². The molecule has 4 unspecified atom stereocenters. The molecule has 2 saturated heterocycles. The highest BCUT2D eigenvalue weighted by molar-refractivity contribution is 5.98. The van der Waals surface area contributed by atoms with Crippen LogP contribution in [0, 0.1) is 5.92 Å². The predicted molar refractivity (Wildman–Crippen MR) is 168 cm³/mol. The zero-order chi connectivity index (χ0) is 27.4. The van der Waals surface area contributed by atoms with Gasteiger partial charge in [-0.25, -0.2) is 4.98 Å². The lowest BCUT2D eigenvalue weighted by Crippen LogP contribution is -2.30. The van der Waals surface area contributed by atoms with Crippen molar-refractivity contribution in [1.82, 2.24) is 20.6 Å². The van der Waals surface area contributed by atoms with E-state index in [0.717, 1.165) is 36.4 Å². The number of nitrogens with one attached hydrogen (secondary N) is 3. The number of aromatic nitrogens is 2. The first kappa shape index (κ1) is 24.0. The van der Waals surface area contributed by atoms with E-state index in [0.29, 0.717) is 23.9 Å². The van der Waals surface area contributed by atoms with Crippen molar-refractivity contribution in [3.05, 3.63) is 83.3 Å². The molecule has 3 N–H and O–H groups in total. The van der Waals surface area contributed by atoms with Crippen molar-refractivity contribution in [3.8, 4) is 33.5 Å². The number of piperidine rings is 1. The van der Waals surface area contributed by atoms with Gasteiger partial charge in [-0.05, 0) is 126 Å². The molecule has 1 aromatic heterocycles. The van der Waals surface area contributed by atoms with Gasteiger partial charge in [0.15, 0.2) is 0 Å². The molecule has 4 aromatic rings. The Morgan fingerprint density at radius 1 is 0.738 bits per heavy atom. The first-order valence-corrected chi connectivity index (χ1v) is 16.3. The molecule has 5 heteroatoms. The average molecular weight is 552 g/mol. The minimum absolute atomic E-state index is 0.392. The van der Waals surface area contributed by atoms with Crippen LogP contribution in [-0.4, -0.2) is 34.3 Å². The van der Waals surface area contributed by atoms with Crippen LogP contribution >= 0.6 is 0 Å². The number of nitrogens with zero attached hydrogens (tertiary/aromatic N) is 2. The van der Waals surface area contributed by atoms with Gasteiger partial charge in [0.25, 0.3) is 0 Å². The summed E-state index contributed by atoms with van der Waals surface area (Å²) in [6.45, 7) is 1.12. The minimum Gasteiger partial charge on any atom is -0.341 e. The van der Waals surface area contributed by atoms with Crippen molar-refractivity contribution in [1.29, 1.82) is 0 Å². The smallest absolute Gasteiger partial charge is 0.123 e. The third kappa shape index (κ3) is 3.69. The van der Waals surface area contributed by atoms with Gasteiger partial charge in [-0.3, -0.25) is 4.99 Å². The van der Waals surface area contributed by atoms with Crippen molar-refractivity contribution in [2.75, 3.05) is 6.54 Å². The van der Waals surface area contributed by atoms with Gasteiger partial charge in [0, 0.05) is 24.2 Å². The second-order valence-corrected chi connectivity index (χ2v) is 13.8. The molecule has 42 heavy (non-hydrogen) atoms. The SMILES string of the molecule is c1cc(-c2ccc(-c3ccc4c(c3)CC([C@@H]3CCCN3)=N4)c3c2C2CCC3C2)ccc1-c1cnc([C@@H]2CC3CC3N2)[nH]1. The molecule has 210 valence electrons. The number of fused-ring (bicyclic) bond motifs is 7. The lowest BCUT2D eigenvalue weighted by Gasteiger charge is -2.23. The van der Waals surface area contributed by atoms with Crippen molar-refractivity contribution in [2.45, 2.75) is 81.3 Å². The van der Waals surface area contributed by atoms with E-state index >= 15 is 0 Å². The maximum atomic E-state index is 5.03. The molecule has 6 aliphatic rings. The van der Waals surface area contributed by atoms with Crippen molar-refractivity contribution >= 4 is 11.4 Å². The Balaban J connectivity index is 0.960. The Hall–Kier alpha value is -3.54. The lowest BCUT2D eigenvalue weighted by molar-refractivity contribution is 0.543. The van der Waals surface area contributed by atoms with E-state index < -0.39 is 0 Å². The summed E-state index contributed by atoms with van der Waals surface area (Å²) in [6, 6.07) is 22.7. The van der Waals surface area contributed by atoms with Gasteiger partial charge in [0.2, 0.25) is 0 Å². The number of rotatable bonds is 5. The van der Waals surface area contributed by atoms with Gasteiger partial charge < -0.3 is 15.6 Å². The largest absolute Gasteiger partial charge is 0.341 e. The van der Waals surface area contributed by atoms with Crippen LogP contribution in [-0.2, 0) is 6.42 Å². The van der Waals surface area contributed by atoms with Crippen LogP contribution in [0.3, 0.4) is 0 Å². The van der Waals surface area contributed by atoms with E-state index in [4.69, 9.17) is 9.98 Å². The Kier molecular flexibility index (Phi) is 5.12. The van der Waals surface area contributed by atoms with Crippen LogP contribution in [0.2, 0.25) is 0 Å². The van der Waals surface area contributed by atoms with Gasteiger partial charge in [0.1, 0.15) is 5.82 Å². The molecule has 10 rings (SSSR count). The van der Waals surface area contributed by atoms with E-state index in [9.17, 15) is 0 Å². The molecular weight excluding hydrogens is 514 g/mol. The molecule has 0 spiro atoms.